The first kappa shape index (κ1) is 12.0. The van der Waals surface area contributed by atoms with E-state index in [1.54, 1.807) is 0 Å². The molecule has 0 saturated carbocycles. The lowest BCUT2D eigenvalue weighted by molar-refractivity contribution is 0.175. The molecule has 1 aromatic carbocycles. The molecule has 2 N–H and O–H groups in total. The number of hydrogen-bond donors (Lipinski definition) is 1. The predicted molar refractivity (Wildman–Crippen MR) is 73.9 cm³/mol. The molecule has 19 heavy (non-hydrogen) atoms. The van der Waals surface area contributed by atoms with Crippen LogP contribution in [0.15, 0.2) is 30.3 Å². The van der Waals surface area contributed by atoms with Gasteiger partial charge in [0, 0.05) is 11.8 Å². The number of anilines is 1. The lowest BCUT2D eigenvalue weighted by atomic mass is 9.89. The van der Waals surface area contributed by atoms with Gasteiger partial charge in [0.05, 0.1) is 0 Å². The molecule has 1 heterocycles. The third kappa shape index (κ3) is 2.52. The zero-order valence-electron chi connectivity index (χ0n) is 11.0. The fraction of sp³-hybridized carbons (Fsp3) is 0.333. The highest BCUT2D eigenvalue weighted by atomic mass is 16.5. The van der Waals surface area contributed by atoms with Crippen molar-refractivity contribution in [1.29, 1.82) is 0 Å². The van der Waals surface area contributed by atoms with Crippen LogP contribution < -0.4 is 10.5 Å². The van der Waals surface area contributed by atoms with Gasteiger partial charge in [0.2, 0.25) is 11.8 Å². The van der Waals surface area contributed by atoms with E-state index in [-0.39, 0.29) is 12.1 Å². The van der Waals surface area contributed by atoms with Crippen LogP contribution in [0.3, 0.4) is 0 Å². The number of nitrogens with two attached hydrogens (primary N) is 1. The zero-order chi connectivity index (χ0) is 13.2. The summed E-state index contributed by atoms with van der Waals surface area (Å²) in [5.41, 5.74) is 9.12. The Morgan fingerprint density at radius 1 is 1.26 bits per heavy atom. The minimum absolute atomic E-state index is 0.0682. The van der Waals surface area contributed by atoms with Crippen molar-refractivity contribution >= 4 is 5.95 Å². The second-order valence-electron chi connectivity index (χ2n) is 4.90. The molecule has 1 atom stereocenters. The highest BCUT2D eigenvalue weighted by molar-refractivity contribution is 5.33. The summed E-state index contributed by atoms with van der Waals surface area (Å²) in [6.45, 7) is 1.89. The molecule has 98 valence electrons. The van der Waals surface area contributed by atoms with Crippen molar-refractivity contribution in [3.8, 4) is 5.88 Å². The number of ether oxygens (including phenoxy) is 1. The van der Waals surface area contributed by atoms with Crippen molar-refractivity contribution in [2.45, 2.75) is 32.3 Å². The molecule has 4 heteroatoms. The van der Waals surface area contributed by atoms with Gasteiger partial charge in [0.25, 0.3) is 0 Å². The first-order chi connectivity index (χ1) is 9.22. The summed E-state index contributed by atoms with van der Waals surface area (Å²) < 4.78 is 6.01. The minimum atomic E-state index is 0.0682. The molecule has 0 aliphatic heterocycles. The SMILES string of the molecule is Cc1cc(OC2CCCc3ccccc32)nc(N)n1. The van der Waals surface area contributed by atoms with E-state index in [1.165, 1.54) is 11.1 Å². The minimum Gasteiger partial charge on any atom is -0.469 e. The lowest BCUT2D eigenvalue weighted by Crippen LogP contribution is -2.16. The highest BCUT2D eigenvalue weighted by Crippen LogP contribution is 2.33. The van der Waals surface area contributed by atoms with Crippen LogP contribution in [0.2, 0.25) is 0 Å². The molecule has 1 aliphatic rings. The van der Waals surface area contributed by atoms with Crippen molar-refractivity contribution in [2.24, 2.45) is 0 Å². The van der Waals surface area contributed by atoms with Crippen LogP contribution >= 0.6 is 0 Å². The molecule has 0 amide bonds. The van der Waals surface area contributed by atoms with E-state index in [9.17, 15) is 0 Å². The number of nitrogens with zero attached hydrogens (tertiary/aromatic N) is 2. The summed E-state index contributed by atoms with van der Waals surface area (Å²) >= 11 is 0. The number of aryl methyl sites for hydroxylation is 2. The van der Waals surface area contributed by atoms with E-state index < -0.39 is 0 Å². The average Bonchev–Trinajstić information content (AvgIpc) is 2.38. The summed E-state index contributed by atoms with van der Waals surface area (Å²) in [6.07, 6.45) is 3.35. The first-order valence-corrected chi connectivity index (χ1v) is 6.58. The van der Waals surface area contributed by atoms with Gasteiger partial charge in [-0.25, -0.2) is 4.98 Å². The lowest BCUT2D eigenvalue weighted by Gasteiger charge is -2.25. The topological polar surface area (TPSA) is 61.0 Å². The van der Waals surface area contributed by atoms with Gasteiger partial charge in [-0.2, -0.15) is 4.98 Å². The van der Waals surface area contributed by atoms with Gasteiger partial charge in [-0.3, -0.25) is 0 Å². The van der Waals surface area contributed by atoms with Crippen LogP contribution in [-0.4, -0.2) is 9.97 Å². The van der Waals surface area contributed by atoms with Crippen molar-refractivity contribution < 1.29 is 4.74 Å². The molecule has 0 radical (unpaired) electrons. The summed E-state index contributed by atoms with van der Waals surface area (Å²) in [5.74, 6) is 0.825. The normalized spacial score (nSPS) is 17.8. The van der Waals surface area contributed by atoms with Crippen molar-refractivity contribution in [3.63, 3.8) is 0 Å². The summed E-state index contributed by atoms with van der Waals surface area (Å²) in [4.78, 5) is 8.20. The zero-order valence-corrected chi connectivity index (χ0v) is 11.0. The average molecular weight is 255 g/mol. The maximum atomic E-state index is 6.01. The van der Waals surface area contributed by atoms with Crippen molar-refractivity contribution in [3.05, 3.63) is 47.2 Å². The Labute approximate surface area is 112 Å². The van der Waals surface area contributed by atoms with Gasteiger partial charge in [-0.05, 0) is 37.3 Å². The molecule has 3 rings (SSSR count). The molecule has 0 bridgehead atoms. The molecular weight excluding hydrogens is 238 g/mol. The van der Waals surface area contributed by atoms with Gasteiger partial charge in [0.1, 0.15) is 6.10 Å². The Morgan fingerprint density at radius 2 is 2.11 bits per heavy atom. The molecule has 1 unspecified atom stereocenters. The molecular formula is C15H17N3O. The third-order valence-corrected chi connectivity index (χ3v) is 3.43. The molecule has 0 fully saturated rings. The summed E-state index contributed by atoms with van der Waals surface area (Å²) in [6, 6.07) is 10.3. The number of benzene rings is 1. The van der Waals surface area contributed by atoms with Gasteiger partial charge in [0.15, 0.2) is 0 Å². The smallest absolute Gasteiger partial charge is 0.223 e. The number of hydrogen-bond acceptors (Lipinski definition) is 4. The summed E-state index contributed by atoms with van der Waals surface area (Å²) in [7, 11) is 0. The first-order valence-electron chi connectivity index (χ1n) is 6.58. The fourth-order valence-electron chi connectivity index (χ4n) is 2.60. The Kier molecular flexibility index (Phi) is 3.07. The van der Waals surface area contributed by atoms with Crippen LogP contribution in [0.25, 0.3) is 0 Å². The Morgan fingerprint density at radius 3 is 2.95 bits per heavy atom. The second-order valence-corrected chi connectivity index (χ2v) is 4.90. The van der Waals surface area contributed by atoms with Crippen LogP contribution in [0.5, 0.6) is 5.88 Å². The van der Waals surface area contributed by atoms with E-state index in [2.05, 4.69) is 34.2 Å². The van der Waals surface area contributed by atoms with Crippen molar-refractivity contribution in [2.75, 3.05) is 5.73 Å². The van der Waals surface area contributed by atoms with E-state index in [0.717, 1.165) is 25.0 Å². The van der Waals surface area contributed by atoms with E-state index in [0.29, 0.717) is 5.88 Å². The number of nitrogen functional groups attached to an aromatic ring is 1. The highest BCUT2D eigenvalue weighted by Gasteiger charge is 2.21. The van der Waals surface area contributed by atoms with E-state index >= 15 is 0 Å². The van der Waals surface area contributed by atoms with E-state index in [1.807, 2.05) is 13.0 Å². The van der Waals surface area contributed by atoms with Crippen LogP contribution in [-0.2, 0) is 6.42 Å². The number of aromatic nitrogens is 2. The Hall–Kier alpha value is -2.10. The van der Waals surface area contributed by atoms with Gasteiger partial charge in [-0.1, -0.05) is 24.3 Å². The molecule has 4 nitrogen and oxygen atoms in total. The monoisotopic (exact) mass is 255 g/mol. The quantitative estimate of drug-likeness (QED) is 0.896. The van der Waals surface area contributed by atoms with Crippen LogP contribution in [0.1, 0.15) is 35.8 Å². The van der Waals surface area contributed by atoms with Gasteiger partial charge in [-0.15, -0.1) is 0 Å². The maximum Gasteiger partial charge on any atom is 0.223 e. The standard InChI is InChI=1S/C15H17N3O/c1-10-9-14(18-15(16)17-10)19-13-8-4-6-11-5-2-3-7-12(11)13/h2-3,5,7,9,13H,4,6,8H2,1H3,(H2,16,17,18). The van der Waals surface area contributed by atoms with Crippen LogP contribution in [0.4, 0.5) is 5.95 Å². The van der Waals surface area contributed by atoms with Gasteiger partial charge >= 0.3 is 0 Å². The third-order valence-electron chi connectivity index (χ3n) is 3.43. The summed E-state index contributed by atoms with van der Waals surface area (Å²) in [5, 5.41) is 0. The number of fused-ring (bicyclic) bond motifs is 1. The Balaban J connectivity index is 1.88. The molecule has 0 saturated heterocycles. The molecule has 2 aromatic rings. The van der Waals surface area contributed by atoms with Crippen molar-refractivity contribution in [1.82, 2.24) is 9.97 Å². The molecule has 0 spiro atoms. The largest absolute Gasteiger partial charge is 0.469 e. The van der Waals surface area contributed by atoms with Gasteiger partial charge < -0.3 is 10.5 Å². The Bertz CT molecular complexity index is 577. The fourth-order valence-corrected chi connectivity index (χ4v) is 2.60. The second kappa shape index (κ2) is 4.88. The maximum absolute atomic E-state index is 6.01. The van der Waals surface area contributed by atoms with E-state index in [4.69, 9.17) is 10.5 Å². The predicted octanol–water partition coefficient (Wildman–Crippen LogP) is 2.82. The molecule has 1 aromatic heterocycles. The number of rotatable bonds is 2. The molecule has 1 aliphatic carbocycles. The van der Waals surface area contributed by atoms with Crippen LogP contribution in [0, 0.1) is 6.92 Å².